The van der Waals surface area contributed by atoms with E-state index in [1.54, 1.807) is 4.90 Å². The van der Waals surface area contributed by atoms with Gasteiger partial charge in [-0.15, -0.1) is 5.10 Å². The van der Waals surface area contributed by atoms with Crippen molar-refractivity contribution in [3.8, 4) is 5.69 Å². The number of carbonyl (C=O) groups excluding carboxylic acids is 1. The molecule has 2 heterocycles. The van der Waals surface area contributed by atoms with E-state index in [1.165, 1.54) is 23.0 Å². The first-order valence-electron chi connectivity index (χ1n) is 7.81. The van der Waals surface area contributed by atoms with Gasteiger partial charge < -0.3 is 10.6 Å². The summed E-state index contributed by atoms with van der Waals surface area (Å²) in [6.07, 6.45) is -2.30. The zero-order valence-electron chi connectivity index (χ0n) is 13.6. The highest BCUT2D eigenvalue weighted by molar-refractivity contribution is 5.92. The number of rotatable bonds is 3. The summed E-state index contributed by atoms with van der Waals surface area (Å²) < 4.78 is 39.6. The molecular weight excluding hydrogens is 335 g/mol. The zero-order valence-corrected chi connectivity index (χ0v) is 13.6. The lowest BCUT2D eigenvalue weighted by atomic mass is 9.90. The lowest BCUT2D eigenvalue weighted by molar-refractivity contribution is -0.137. The summed E-state index contributed by atoms with van der Waals surface area (Å²) in [5, 5.41) is 7.60. The largest absolute Gasteiger partial charge is 0.416 e. The Morgan fingerprint density at radius 2 is 2.16 bits per heavy atom. The number of nitrogens with zero attached hydrogens (tertiary/aromatic N) is 4. The van der Waals surface area contributed by atoms with Crippen LogP contribution >= 0.6 is 0 Å². The Hall–Kier alpha value is -2.42. The number of amides is 1. The van der Waals surface area contributed by atoms with Gasteiger partial charge in [-0.25, -0.2) is 4.68 Å². The third-order valence-corrected chi connectivity index (χ3v) is 4.49. The minimum absolute atomic E-state index is 0.0960. The number of benzene rings is 1. The number of nitrogens with two attached hydrogens (primary N) is 1. The van der Waals surface area contributed by atoms with Gasteiger partial charge in [-0.2, -0.15) is 13.2 Å². The molecule has 0 aliphatic carbocycles. The van der Waals surface area contributed by atoms with Gasteiger partial charge in [0.2, 0.25) is 0 Å². The molecule has 25 heavy (non-hydrogen) atoms. The van der Waals surface area contributed by atoms with E-state index in [1.807, 2.05) is 6.92 Å². The van der Waals surface area contributed by atoms with Crippen molar-refractivity contribution in [3.63, 3.8) is 0 Å². The van der Waals surface area contributed by atoms with Crippen LogP contribution in [-0.2, 0) is 6.18 Å². The van der Waals surface area contributed by atoms with Crippen LogP contribution in [0, 0.1) is 5.41 Å². The molecule has 9 heteroatoms. The molecule has 1 aliphatic rings. The average molecular weight is 353 g/mol. The SMILES string of the molecule is CC1(CN)CCN(C(=O)c2cn(-c3cccc(C(F)(F)F)c3)nn2)C1. The summed E-state index contributed by atoms with van der Waals surface area (Å²) in [7, 11) is 0. The molecule has 0 spiro atoms. The molecule has 1 fully saturated rings. The van der Waals surface area contributed by atoms with E-state index in [4.69, 9.17) is 5.73 Å². The monoisotopic (exact) mass is 353 g/mol. The minimum atomic E-state index is -4.45. The Morgan fingerprint density at radius 3 is 2.80 bits per heavy atom. The molecule has 1 unspecified atom stereocenters. The molecule has 134 valence electrons. The lowest BCUT2D eigenvalue weighted by Gasteiger charge is -2.21. The fourth-order valence-corrected chi connectivity index (χ4v) is 2.84. The molecular formula is C16H18F3N5O. The molecule has 0 saturated carbocycles. The molecule has 0 bridgehead atoms. The minimum Gasteiger partial charge on any atom is -0.337 e. The van der Waals surface area contributed by atoms with E-state index in [2.05, 4.69) is 10.3 Å². The van der Waals surface area contributed by atoms with E-state index in [0.29, 0.717) is 19.6 Å². The number of likely N-dealkylation sites (tertiary alicyclic amines) is 1. The number of carbonyl (C=O) groups is 1. The molecule has 0 radical (unpaired) electrons. The van der Waals surface area contributed by atoms with Gasteiger partial charge in [-0.1, -0.05) is 18.2 Å². The maximum atomic E-state index is 12.8. The standard InChI is InChI=1S/C16H18F3N5O/c1-15(9-20)5-6-23(10-15)14(25)13-8-24(22-21-13)12-4-2-3-11(7-12)16(17,18)19/h2-4,7-8H,5-6,9-10,20H2,1H3. The number of hydrogen-bond donors (Lipinski definition) is 1. The third-order valence-electron chi connectivity index (χ3n) is 4.49. The number of halogens is 3. The van der Waals surface area contributed by atoms with Gasteiger partial charge in [0.25, 0.3) is 5.91 Å². The molecule has 2 aromatic rings. The number of hydrogen-bond acceptors (Lipinski definition) is 4. The van der Waals surface area contributed by atoms with Gasteiger partial charge in [-0.05, 0) is 36.6 Å². The maximum absolute atomic E-state index is 12.8. The average Bonchev–Trinajstić information content (AvgIpc) is 3.21. The van der Waals surface area contributed by atoms with Crippen LogP contribution < -0.4 is 5.73 Å². The van der Waals surface area contributed by atoms with Gasteiger partial charge >= 0.3 is 6.18 Å². The molecule has 1 aromatic heterocycles. The summed E-state index contributed by atoms with van der Waals surface area (Å²) in [6.45, 7) is 3.59. The van der Waals surface area contributed by atoms with Gasteiger partial charge in [0.15, 0.2) is 5.69 Å². The third kappa shape index (κ3) is 3.51. The number of alkyl halides is 3. The van der Waals surface area contributed by atoms with Crippen molar-refractivity contribution in [2.45, 2.75) is 19.5 Å². The second-order valence-corrected chi connectivity index (χ2v) is 6.59. The summed E-state index contributed by atoms with van der Waals surface area (Å²) in [4.78, 5) is 14.2. The van der Waals surface area contributed by atoms with Crippen molar-refractivity contribution < 1.29 is 18.0 Å². The zero-order chi connectivity index (χ0) is 18.2. The van der Waals surface area contributed by atoms with Crippen LogP contribution in [0.3, 0.4) is 0 Å². The second kappa shape index (κ2) is 6.14. The van der Waals surface area contributed by atoms with E-state index < -0.39 is 11.7 Å². The molecule has 3 rings (SSSR count). The van der Waals surface area contributed by atoms with Gasteiger partial charge in [0, 0.05) is 13.1 Å². The van der Waals surface area contributed by atoms with Crippen LogP contribution in [0.1, 0.15) is 29.4 Å². The molecule has 1 atom stereocenters. The van der Waals surface area contributed by atoms with Crippen molar-refractivity contribution in [2.24, 2.45) is 11.1 Å². The van der Waals surface area contributed by atoms with Crippen LogP contribution in [0.15, 0.2) is 30.5 Å². The first-order valence-corrected chi connectivity index (χ1v) is 7.81. The van der Waals surface area contributed by atoms with Gasteiger partial charge in [0.05, 0.1) is 17.4 Å². The predicted molar refractivity (Wildman–Crippen MR) is 84.0 cm³/mol. The molecule has 1 aromatic carbocycles. The van der Waals surface area contributed by atoms with E-state index in [0.717, 1.165) is 18.6 Å². The molecule has 6 nitrogen and oxygen atoms in total. The second-order valence-electron chi connectivity index (χ2n) is 6.59. The Kier molecular flexibility index (Phi) is 4.28. The summed E-state index contributed by atoms with van der Waals surface area (Å²) >= 11 is 0. The van der Waals surface area contributed by atoms with Gasteiger partial charge in [-0.3, -0.25) is 4.79 Å². The fourth-order valence-electron chi connectivity index (χ4n) is 2.84. The first-order chi connectivity index (χ1) is 11.7. The Bertz CT molecular complexity index is 788. The highest BCUT2D eigenvalue weighted by Gasteiger charge is 2.36. The normalized spacial score (nSPS) is 20.9. The smallest absolute Gasteiger partial charge is 0.337 e. The molecule has 2 N–H and O–H groups in total. The van der Waals surface area contributed by atoms with Gasteiger partial charge in [0.1, 0.15) is 0 Å². The molecule has 1 amide bonds. The Balaban J connectivity index is 1.80. The van der Waals surface area contributed by atoms with Crippen LogP contribution in [0.4, 0.5) is 13.2 Å². The number of aromatic nitrogens is 3. The quantitative estimate of drug-likeness (QED) is 0.917. The van der Waals surface area contributed by atoms with Crippen molar-refractivity contribution in [1.29, 1.82) is 0 Å². The highest BCUT2D eigenvalue weighted by atomic mass is 19.4. The lowest BCUT2D eigenvalue weighted by Crippen LogP contribution is -2.34. The van der Waals surface area contributed by atoms with Crippen LogP contribution in [0.2, 0.25) is 0 Å². The van der Waals surface area contributed by atoms with Crippen molar-refractivity contribution >= 4 is 5.91 Å². The first kappa shape index (κ1) is 17.4. The van der Waals surface area contributed by atoms with E-state index in [-0.39, 0.29) is 22.7 Å². The molecule has 1 saturated heterocycles. The predicted octanol–water partition coefficient (Wildman–Crippen LogP) is 2.10. The van der Waals surface area contributed by atoms with E-state index in [9.17, 15) is 18.0 Å². The van der Waals surface area contributed by atoms with Crippen molar-refractivity contribution in [2.75, 3.05) is 19.6 Å². The van der Waals surface area contributed by atoms with Crippen molar-refractivity contribution in [1.82, 2.24) is 19.9 Å². The topological polar surface area (TPSA) is 77.0 Å². The summed E-state index contributed by atoms with van der Waals surface area (Å²) in [5.41, 5.74) is 5.12. The van der Waals surface area contributed by atoms with Crippen LogP contribution in [0.25, 0.3) is 5.69 Å². The summed E-state index contributed by atoms with van der Waals surface area (Å²) in [5.74, 6) is -0.296. The fraction of sp³-hybridized carbons (Fsp3) is 0.438. The molecule has 1 aliphatic heterocycles. The Labute approximate surface area is 142 Å². The maximum Gasteiger partial charge on any atom is 0.416 e. The van der Waals surface area contributed by atoms with E-state index >= 15 is 0 Å². The summed E-state index contributed by atoms with van der Waals surface area (Å²) in [6, 6.07) is 4.70. The van der Waals surface area contributed by atoms with Crippen LogP contribution in [-0.4, -0.2) is 45.4 Å². The Morgan fingerprint density at radius 1 is 1.40 bits per heavy atom. The highest BCUT2D eigenvalue weighted by Crippen LogP contribution is 2.31. The van der Waals surface area contributed by atoms with Crippen molar-refractivity contribution in [3.05, 3.63) is 41.7 Å². The van der Waals surface area contributed by atoms with Crippen LogP contribution in [0.5, 0.6) is 0 Å².